The van der Waals surface area contributed by atoms with Gasteiger partial charge in [0.25, 0.3) is 11.8 Å². The van der Waals surface area contributed by atoms with Crippen LogP contribution in [0.25, 0.3) is 0 Å². The van der Waals surface area contributed by atoms with Gasteiger partial charge in [0.15, 0.2) is 13.2 Å². The maximum atomic E-state index is 13.4. The lowest BCUT2D eigenvalue weighted by atomic mass is 9.44. The van der Waals surface area contributed by atoms with E-state index in [9.17, 15) is 14.0 Å². The molecule has 2 N–H and O–H groups in total. The van der Waals surface area contributed by atoms with Gasteiger partial charge in [-0.05, 0) is 37.5 Å². The number of carbonyl (C=O) groups excluding carboxylic acids is 2. The Hall–Kier alpha value is -3.38. The van der Waals surface area contributed by atoms with Crippen LogP contribution in [0.1, 0.15) is 24.8 Å². The van der Waals surface area contributed by atoms with Crippen LogP contribution in [0.5, 0.6) is 11.6 Å². The fourth-order valence-corrected chi connectivity index (χ4v) is 4.22. The molecule has 3 fully saturated rings. The molecule has 0 spiro atoms. The molecular formula is C21H18ClFN4O4. The second-order valence-electron chi connectivity index (χ2n) is 7.84. The van der Waals surface area contributed by atoms with Crippen LogP contribution in [0.4, 0.5) is 4.39 Å². The molecule has 1 aromatic heterocycles. The van der Waals surface area contributed by atoms with E-state index in [2.05, 4.69) is 15.6 Å². The zero-order valence-corrected chi connectivity index (χ0v) is 17.0. The number of halogens is 2. The summed E-state index contributed by atoms with van der Waals surface area (Å²) in [5.74, 6) is -0.731. The Morgan fingerprint density at radius 3 is 2.29 bits per heavy atom. The molecule has 8 nitrogen and oxygen atoms in total. The largest absolute Gasteiger partial charge is 0.484 e. The van der Waals surface area contributed by atoms with Crippen LogP contribution in [0.15, 0.2) is 36.5 Å². The second-order valence-corrected chi connectivity index (χ2v) is 8.24. The number of rotatable bonds is 8. The van der Waals surface area contributed by atoms with E-state index in [1.165, 1.54) is 24.4 Å². The van der Waals surface area contributed by atoms with Crippen LogP contribution in [0.3, 0.4) is 0 Å². The molecule has 3 aliphatic carbocycles. The molecule has 1 aromatic carbocycles. The van der Waals surface area contributed by atoms with Crippen LogP contribution in [0.2, 0.25) is 5.02 Å². The molecule has 5 rings (SSSR count). The van der Waals surface area contributed by atoms with Gasteiger partial charge in [-0.15, -0.1) is 0 Å². The molecule has 3 saturated carbocycles. The van der Waals surface area contributed by atoms with E-state index < -0.39 is 5.82 Å². The smallest absolute Gasteiger partial charge is 0.258 e. The van der Waals surface area contributed by atoms with Gasteiger partial charge in [0.05, 0.1) is 10.6 Å². The van der Waals surface area contributed by atoms with Crippen molar-refractivity contribution in [1.29, 1.82) is 5.26 Å². The van der Waals surface area contributed by atoms with E-state index in [0.717, 1.165) is 6.07 Å². The van der Waals surface area contributed by atoms with Crippen molar-refractivity contribution in [2.45, 2.75) is 30.3 Å². The molecule has 0 radical (unpaired) electrons. The van der Waals surface area contributed by atoms with E-state index in [-0.39, 0.29) is 52.8 Å². The zero-order valence-electron chi connectivity index (χ0n) is 16.3. The van der Waals surface area contributed by atoms with Crippen molar-refractivity contribution in [2.75, 3.05) is 13.2 Å². The van der Waals surface area contributed by atoms with E-state index in [4.69, 9.17) is 26.3 Å². The molecule has 160 valence electrons. The summed E-state index contributed by atoms with van der Waals surface area (Å²) in [6.07, 6.45) is 3.25. The van der Waals surface area contributed by atoms with Crippen molar-refractivity contribution < 1.29 is 23.5 Å². The molecule has 0 atom stereocenters. The minimum atomic E-state index is -0.615. The average Bonchev–Trinajstić information content (AvgIpc) is 2.71. The van der Waals surface area contributed by atoms with Gasteiger partial charge in [0, 0.05) is 29.4 Å². The second kappa shape index (κ2) is 8.04. The molecule has 2 aromatic rings. The number of amides is 2. The molecule has 3 aliphatic rings. The number of nitrogens with zero attached hydrogens (tertiary/aromatic N) is 2. The fraction of sp³-hybridized carbons (Fsp3) is 0.333. The summed E-state index contributed by atoms with van der Waals surface area (Å²) in [5, 5.41) is 14.6. The fourth-order valence-electron chi connectivity index (χ4n) is 4.10. The maximum absolute atomic E-state index is 13.4. The number of nitrogens with one attached hydrogen (secondary N) is 2. The van der Waals surface area contributed by atoms with Gasteiger partial charge in [0.1, 0.15) is 17.6 Å². The molecule has 0 aliphatic heterocycles. The Balaban J connectivity index is 1.17. The third kappa shape index (κ3) is 4.54. The average molecular weight is 445 g/mol. The molecule has 1 heterocycles. The van der Waals surface area contributed by atoms with Crippen molar-refractivity contribution in [2.24, 2.45) is 0 Å². The molecular weight excluding hydrogens is 427 g/mol. The van der Waals surface area contributed by atoms with Gasteiger partial charge in [-0.25, -0.2) is 9.37 Å². The standard InChI is InChI=1S/C21H18ClFN4O4/c22-15-3-2-14(5-16(15)23)30-8-17(28)26-20-10-21(11-20,12-20)27-18(29)9-31-19-4-1-13(6-24)7-25-19/h1-5,7H,8-12H2,(H,26,28)(H,27,29). The minimum absolute atomic E-state index is 0.0171. The summed E-state index contributed by atoms with van der Waals surface area (Å²) in [7, 11) is 0. The minimum Gasteiger partial charge on any atom is -0.484 e. The highest BCUT2D eigenvalue weighted by Gasteiger charge is 2.69. The lowest BCUT2D eigenvalue weighted by molar-refractivity contribution is -0.151. The van der Waals surface area contributed by atoms with E-state index >= 15 is 0 Å². The van der Waals surface area contributed by atoms with Crippen molar-refractivity contribution in [3.63, 3.8) is 0 Å². The lowest BCUT2D eigenvalue weighted by Gasteiger charge is -2.70. The van der Waals surface area contributed by atoms with Crippen molar-refractivity contribution in [3.8, 4) is 17.7 Å². The number of benzene rings is 1. The van der Waals surface area contributed by atoms with Crippen LogP contribution in [-0.4, -0.2) is 41.1 Å². The Morgan fingerprint density at radius 2 is 1.74 bits per heavy atom. The summed E-state index contributed by atoms with van der Waals surface area (Å²) >= 11 is 5.61. The number of carbonyl (C=O) groups is 2. The number of hydrogen-bond acceptors (Lipinski definition) is 6. The van der Waals surface area contributed by atoms with Gasteiger partial charge in [-0.2, -0.15) is 5.26 Å². The summed E-state index contributed by atoms with van der Waals surface area (Å²) in [6, 6.07) is 9.00. The van der Waals surface area contributed by atoms with Gasteiger partial charge in [0.2, 0.25) is 5.88 Å². The number of hydrogen-bond donors (Lipinski definition) is 2. The first-order valence-electron chi connectivity index (χ1n) is 9.49. The van der Waals surface area contributed by atoms with Crippen molar-refractivity contribution in [3.05, 3.63) is 52.9 Å². The lowest BCUT2D eigenvalue weighted by Crippen LogP contribution is -2.84. The number of aromatic nitrogens is 1. The molecule has 2 amide bonds. The highest BCUT2D eigenvalue weighted by Crippen LogP contribution is 2.60. The highest BCUT2D eigenvalue weighted by molar-refractivity contribution is 6.30. The predicted molar refractivity (Wildman–Crippen MR) is 107 cm³/mol. The maximum Gasteiger partial charge on any atom is 0.258 e. The summed E-state index contributed by atoms with van der Waals surface area (Å²) in [4.78, 5) is 28.2. The topological polar surface area (TPSA) is 113 Å². The Kier molecular flexibility index (Phi) is 5.41. The number of nitriles is 1. The summed E-state index contributed by atoms with van der Waals surface area (Å²) in [5.41, 5.74) is -0.260. The monoisotopic (exact) mass is 444 g/mol. The van der Waals surface area contributed by atoms with E-state index in [1.807, 2.05) is 6.07 Å². The number of ether oxygens (including phenoxy) is 2. The van der Waals surface area contributed by atoms with E-state index in [0.29, 0.717) is 24.8 Å². The van der Waals surface area contributed by atoms with Crippen LogP contribution >= 0.6 is 11.6 Å². The first-order valence-corrected chi connectivity index (χ1v) is 9.87. The normalized spacial score (nSPS) is 22.9. The van der Waals surface area contributed by atoms with Crippen molar-refractivity contribution in [1.82, 2.24) is 15.6 Å². The van der Waals surface area contributed by atoms with Crippen LogP contribution in [0, 0.1) is 17.1 Å². The van der Waals surface area contributed by atoms with E-state index in [1.54, 1.807) is 6.07 Å². The zero-order chi connectivity index (χ0) is 22.1. The first kappa shape index (κ1) is 20.9. The third-order valence-electron chi connectivity index (χ3n) is 5.32. The highest BCUT2D eigenvalue weighted by atomic mass is 35.5. The Labute approximate surface area is 182 Å². The molecule has 31 heavy (non-hydrogen) atoms. The molecule has 2 bridgehead atoms. The summed E-state index contributed by atoms with van der Waals surface area (Å²) in [6.45, 7) is -0.431. The van der Waals surface area contributed by atoms with Gasteiger partial charge >= 0.3 is 0 Å². The molecule has 0 unspecified atom stereocenters. The van der Waals surface area contributed by atoms with Crippen LogP contribution in [-0.2, 0) is 9.59 Å². The predicted octanol–water partition coefficient (Wildman–Crippen LogP) is 2.11. The van der Waals surface area contributed by atoms with Gasteiger partial charge < -0.3 is 20.1 Å². The molecule has 0 saturated heterocycles. The number of pyridine rings is 1. The first-order chi connectivity index (χ1) is 14.8. The summed E-state index contributed by atoms with van der Waals surface area (Å²) < 4.78 is 24.0. The Morgan fingerprint density at radius 1 is 1.10 bits per heavy atom. The van der Waals surface area contributed by atoms with Crippen molar-refractivity contribution >= 4 is 23.4 Å². The SMILES string of the molecule is N#Cc1ccc(OCC(=O)NC23CC(NC(=O)COc4ccc(Cl)c(F)c4)(C2)C3)nc1. The quantitative estimate of drug-likeness (QED) is 0.644. The van der Waals surface area contributed by atoms with Crippen LogP contribution < -0.4 is 20.1 Å². The van der Waals surface area contributed by atoms with Gasteiger partial charge in [-0.1, -0.05) is 11.6 Å². The molecule has 10 heteroatoms. The van der Waals surface area contributed by atoms with Gasteiger partial charge in [-0.3, -0.25) is 9.59 Å². The Bertz CT molecular complexity index is 1050. The third-order valence-corrected chi connectivity index (χ3v) is 5.62.